The number of phenolic OH excluding ortho intramolecular Hbond substituents is 1. The van der Waals surface area contributed by atoms with Crippen molar-refractivity contribution in [2.75, 3.05) is 6.61 Å². The first kappa shape index (κ1) is 11.2. The Kier molecular flexibility index (Phi) is 2.52. The molecule has 1 heterocycles. The number of fused-ring (bicyclic) bond motifs is 1. The van der Waals surface area contributed by atoms with Gasteiger partial charge in [-0.3, -0.25) is 0 Å². The molecule has 0 saturated carbocycles. The van der Waals surface area contributed by atoms with Crippen LogP contribution in [0.25, 0.3) is 10.3 Å². The second-order valence-electron chi connectivity index (χ2n) is 4.31. The van der Waals surface area contributed by atoms with Gasteiger partial charge in [-0.1, -0.05) is 25.2 Å². The van der Waals surface area contributed by atoms with E-state index in [1.165, 1.54) is 6.07 Å². The fourth-order valence-corrected chi connectivity index (χ4v) is 2.22. The van der Waals surface area contributed by atoms with E-state index in [1.54, 1.807) is 19.9 Å². The highest BCUT2D eigenvalue weighted by Gasteiger charge is 2.24. The van der Waals surface area contributed by atoms with Crippen molar-refractivity contribution in [3.63, 3.8) is 0 Å². The molecule has 0 saturated heterocycles. The number of benzene rings is 1. The topological polar surface area (TPSA) is 70.7 Å². The quantitative estimate of drug-likeness (QED) is 0.840. The molecule has 4 nitrogen and oxygen atoms in total. The van der Waals surface area contributed by atoms with E-state index in [0.717, 1.165) is 11.3 Å². The van der Waals surface area contributed by atoms with E-state index < -0.39 is 10.4 Å². The summed E-state index contributed by atoms with van der Waals surface area (Å²) in [7, 11) is 0. The van der Waals surface area contributed by atoms with Gasteiger partial charge in [-0.2, -0.15) is 0 Å². The minimum Gasteiger partial charge on any atom is -0.508 e. The van der Waals surface area contributed by atoms with Crippen LogP contribution in [0.15, 0.2) is 21.3 Å². The molecule has 2 N–H and O–H groups in total. The highest BCUT2D eigenvalue weighted by Crippen LogP contribution is 2.34. The van der Waals surface area contributed by atoms with Gasteiger partial charge in [0.15, 0.2) is 0 Å². The normalized spacial score (nSPS) is 12.2. The van der Waals surface area contributed by atoms with Gasteiger partial charge in [0, 0.05) is 17.0 Å². The third-order valence-corrected chi connectivity index (χ3v) is 3.36. The summed E-state index contributed by atoms with van der Waals surface area (Å²) >= 11 is 0.949. The van der Waals surface area contributed by atoms with Crippen LogP contribution in [0.4, 0.5) is 0 Å². The first-order valence-corrected chi connectivity index (χ1v) is 5.64. The van der Waals surface area contributed by atoms with Crippen LogP contribution < -0.4 is 4.94 Å². The highest BCUT2D eigenvalue weighted by atomic mass is 32.1. The predicted molar refractivity (Wildman–Crippen MR) is 62.1 cm³/mol. The lowest BCUT2D eigenvalue weighted by molar-refractivity contribution is 0.215. The number of phenols is 1. The van der Waals surface area contributed by atoms with Crippen LogP contribution in [-0.4, -0.2) is 16.8 Å². The van der Waals surface area contributed by atoms with Gasteiger partial charge >= 0.3 is 4.94 Å². The van der Waals surface area contributed by atoms with Gasteiger partial charge in [0.1, 0.15) is 11.3 Å². The number of hydrogen-bond donors (Lipinski definition) is 2. The summed E-state index contributed by atoms with van der Waals surface area (Å²) < 4.78 is 5.58. The van der Waals surface area contributed by atoms with Crippen LogP contribution in [0.1, 0.15) is 19.4 Å². The maximum absolute atomic E-state index is 11.1. The summed E-state index contributed by atoms with van der Waals surface area (Å²) in [4.78, 5) is 10.7. The Balaban J connectivity index is 2.71. The lowest BCUT2D eigenvalue weighted by Crippen LogP contribution is -2.22. The molecule has 0 spiro atoms. The molecule has 0 bridgehead atoms. The summed E-state index contributed by atoms with van der Waals surface area (Å²) in [5.74, 6) is 0.0728. The number of aromatic hydroxyl groups is 1. The molecule has 1 aromatic heterocycles. The molecule has 0 atom stereocenters. The number of aliphatic hydroxyl groups is 1. The Hall–Kier alpha value is -1.33. The predicted octanol–water partition coefficient (Wildman–Crippen LogP) is 1.83. The van der Waals surface area contributed by atoms with E-state index in [0.29, 0.717) is 15.8 Å². The summed E-state index contributed by atoms with van der Waals surface area (Å²) in [6, 6.07) is 3.11. The van der Waals surface area contributed by atoms with Crippen LogP contribution in [-0.2, 0) is 5.41 Å². The van der Waals surface area contributed by atoms with E-state index in [1.807, 2.05) is 0 Å². The van der Waals surface area contributed by atoms with Crippen molar-refractivity contribution in [1.82, 2.24) is 0 Å². The standard InChI is InChI=1S/C11H12O4S/c1-11(2,5-12)6-3-8-9(4-7(6)13)16-10(14)15-8/h3-4,12-13H,5H2,1-2H3. The van der Waals surface area contributed by atoms with E-state index in [2.05, 4.69) is 0 Å². The largest absolute Gasteiger partial charge is 0.508 e. The van der Waals surface area contributed by atoms with Gasteiger partial charge in [-0.05, 0) is 6.07 Å². The molecule has 2 rings (SSSR count). The maximum atomic E-state index is 11.1. The Morgan fingerprint density at radius 1 is 1.44 bits per heavy atom. The van der Waals surface area contributed by atoms with Crippen molar-refractivity contribution in [3.05, 3.63) is 27.4 Å². The Labute approximate surface area is 95.8 Å². The van der Waals surface area contributed by atoms with Gasteiger partial charge in [0.05, 0.1) is 11.3 Å². The van der Waals surface area contributed by atoms with Crippen molar-refractivity contribution in [3.8, 4) is 5.75 Å². The Morgan fingerprint density at radius 2 is 2.12 bits per heavy atom. The zero-order valence-electron chi connectivity index (χ0n) is 8.98. The number of aliphatic hydroxyl groups excluding tert-OH is 1. The molecule has 0 radical (unpaired) electrons. The van der Waals surface area contributed by atoms with Crippen LogP contribution in [0.2, 0.25) is 0 Å². The van der Waals surface area contributed by atoms with Crippen molar-refractivity contribution >= 4 is 21.6 Å². The average molecular weight is 240 g/mol. The lowest BCUT2D eigenvalue weighted by Gasteiger charge is -2.22. The first-order chi connectivity index (χ1) is 7.44. The fourth-order valence-electron chi connectivity index (χ4n) is 1.54. The van der Waals surface area contributed by atoms with Crippen LogP contribution >= 0.6 is 11.3 Å². The highest BCUT2D eigenvalue weighted by molar-refractivity contribution is 7.16. The SMILES string of the molecule is CC(C)(CO)c1cc2oc(=O)sc2cc1O. The molecule has 86 valence electrons. The van der Waals surface area contributed by atoms with E-state index in [4.69, 9.17) is 4.42 Å². The zero-order chi connectivity index (χ0) is 11.9. The molecule has 1 aromatic carbocycles. The van der Waals surface area contributed by atoms with Gasteiger partial charge < -0.3 is 14.6 Å². The van der Waals surface area contributed by atoms with Gasteiger partial charge in [0.2, 0.25) is 0 Å². The third kappa shape index (κ3) is 1.72. The fraction of sp³-hybridized carbons (Fsp3) is 0.364. The molecule has 16 heavy (non-hydrogen) atoms. The minimum atomic E-state index is -0.571. The molecule has 5 heteroatoms. The lowest BCUT2D eigenvalue weighted by atomic mass is 9.85. The van der Waals surface area contributed by atoms with E-state index in [9.17, 15) is 15.0 Å². The smallest absolute Gasteiger partial charge is 0.396 e. The summed E-state index contributed by atoms with van der Waals surface area (Å²) in [6.45, 7) is 3.51. The second kappa shape index (κ2) is 3.61. The molecular weight excluding hydrogens is 228 g/mol. The molecule has 0 aliphatic rings. The summed E-state index contributed by atoms with van der Waals surface area (Å²) in [5.41, 5.74) is 0.451. The summed E-state index contributed by atoms with van der Waals surface area (Å²) in [5, 5.41) is 19.1. The van der Waals surface area contributed by atoms with Crippen LogP contribution in [0, 0.1) is 0 Å². The molecule has 0 aliphatic carbocycles. The van der Waals surface area contributed by atoms with Crippen LogP contribution in [0.3, 0.4) is 0 Å². The molecule has 0 fully saturated rings. The van der Waals surface area contributed by atoms with Crippen molar-refractivity contribution in [2.24, 2.45) is 0 Å². The van der Waals surface area contributed by atoms with Crippen molar-refractivity contribution in [2.45, 2.75) is 19.3 Å². The van der Waals surface area contributed by atoms with E-state index >= 15 is 0 Å². The molecule has 0 unspecified atom stereocenters. The van der Waals surface area contributed by atoms with Crippen molar-refractivity contribution in [1.29, 1.82) is 0 Å². The number of hydrogen-bond acceptors (Lipinski definition) is 5. The van der Waals surface area contributed by atoms with Gasteiger partial charge in [-0.15, -0.1) is 0 Å². The molecular formula is C11H12O4S. The molecule has 0 aliphatic heterocycles. The van der Waals surface area contributed by atoms with Gasteiger partial charge in [0.25, 0.3) is 0 Å². The van der Waals surface area contributed by atoms with E-state index in [-0.39, 0.29) is 12.4 Å². The van der Waals surface area contributed by atoms with Crippen LogP contribution in [0.5, 0.6) is 5.75 Å². The maximum Gasteiger partial charge on any atom is 0.396 e. The minimum absolute atomic E-state index is 0.0728. The van der Waals surface area contributed by atoms with Crippen molar-refractivity contribution < 1.29 is 14.6 Å². The Bertz CT molecular complexity index is 579. The Morgan fingerprint density at radius 3 is 2.75 bits per heavy atom. The second-order valence-corrected chi connectivity index (χ2v) is 5.29. The monoisotopic (exact) mass is 240 g/mol. The number of rotatable bonds is 2. The summed E-state index contributed by atoms with van der Waals surface area (Å²) in [6.07, 6.45) is 0. The third-order valence-electron chi connectivity index (χ3n) is 2.57. The molecule has 0 amide bonds. The average Bonchev–Trinajstić information content (AvgIpc) is 2.56. The first-order valence-electron chi connectivity index (χ1n) is 4.82. The zero-order valence-corrected chi connectivity index (χ0v) is 9.80. The molecule has 2 aromatic rings. The van der Waals surface area contributed by atoms with Gasteiger partial charge in [-0.25, -0.2) is 4.79 Å².